The number of nitrogens with two attached hydrogens (primary N) is 1. The lowest BCUT2D eigenvalue weighted by atomic mass is 10.4. The van der Waals surface area contributed by atoms with Crippen LogP contribution in [0.1, 0.15) is 0 Å². The second-order valence-corrected chi connectivity index (χ2v) is 2.09. The van der Waals surface area contributed by atoms with Crippen molar-refractivity contribution in [2.45, 2.75) is 0 Å². The maximum atomic E-state index is 10.6. The van der Waals surface area contributed by atoms with E-state index >= 15 is 0 Å². The van der Waals surface area contributed by atoms with Crippen molar-refractivity contribution in [2.24, 2.45) is 5.73 Å². The van der Waals surface area contributed by atoms with Crippen LogP contribution in [0.5, 0.6) is 0 Å². The van der Waals surface area contributed by atoms with Crippen LogP contribution in [-0.2, 0) is 14.3 Å². The zero-order chi connectivity index (χ0) is 8.85. The minimum atomic E-state index is -0.718. The molecule has 3 N–H and O–H groups in total. The number of methoxy groups -OCH3 is 1. The molecule has 6 heteroatoms. The molecule has 1 amide bonds. The fraction of sp³-hybridized carbons (Fsp3) is 0.200. The van der Waals surface area contributed by atoms with Crippen molar-refractivity contribution in [1.29, 1.82) is 0 Å². The van der Waals surface area contributed by atoms with Crippen LogP contribution in [0.25, 0.3) is 0 Å². The predicted octanol–water partition coefficient (Wildman–Crippen LogP) is -0.532. The summed E-state index contributed by atoms with van der Waals surface area (Å²) in [5.41, 5.74) is 4.91. The van der Waals surface area contributed by atoms with Crippen molar-refractivity contribution < 1.29 is 14.3 Å². The number of nitrogens with one attached hydrogen (secondary N) is 1. The summed E-state index contributed by atoms with van der Waals surface area (Å²) in [6.45, 7) is 0. The molecular formula is C5H7IN2O3. The molecular weight excluding hydrogens is 263 g/mol. The lowest BCUT2D eigenvalue weighted by Gasteiger charge is -1.96. The molecule has 0 fully saturated rings. The zero-order valence-corrected chi connectivity index (χ0v) is 7.91. The summed E-state index contributed by atoms with van der Waals surface area (Å²) >= 11 is 1.63. The van der Waals surface area contributed by atoms with Gasteiger partial charge in [-0.05, 0) is 0 Å². The number of hydrogen-bond acceptors (Lipinski definition) is 4. The number of halogens is 1. The first kappa shape index (κ1) is 10.2. The second-order valence-electron chi connectivity index (χ2n) is 1.55. The Bertz CT molecular complexity index is 202. The van der Waals surface area contributed by atoms with Crippen LogP contribution in [0, 0.1) is 0 Å². The van der Waals surface area contributed by atoms with Gasteiger partial charge in [0.1, 0.15) is 5.70 Å². The number of rotatable bonds is 2. The van der Waals surface area contributed by atoms with Gasteiger partial charge in [-0.25, -0.2) is 4.79 Å². The van der Waals surface area contributed by atoms with Crippen molar-refractivity contribution in [3.05, 3.63) is 11.8 Å². The topological polar surface area (TPSA) is 81.4 Å². The zero-order valence-electron chi connectivity index (χ0n) is 5.76. The lowest BCUT2D eigenvalue weighted by Crippen LogP contribution is -2.17. The Labute approximate surface area is 77.5 Å². The Kier molecular flexibility index (Phi) is 4.59. The maximum Gasteiger partial charge on any atom is 0.354 e. The van der Waals surface area contributed by atoms with Crippen molar-refractivity contribution in [1.82, 2.24) is 3.53 Å². The molecule has 0 aliphatic heterocycles. The van der Waals surface area contributed by atoms with E-state index in [1.807, 2.05) is 0 Å². The van der Waals surface area contributed by atoms with Gasteiger partial charge < -0.3 is 10.5 Å². The van der Waals surface area contributed by atoms with Gasteiger partial charge in [0.15, 0.2) is 0 Å². The van der Waals surface area contributed by atoms with Crippen molar-refractivity contribution in [3.63, 3.8) is 0 Å². The lowest BCUT2D eigenvalue weighted by molar-refractivity contribution is -0.136. The van der Waals surface area contributed by atoms with E-state index in [1.165, 1.54) is 7.11 Å². The highest BCUT2D eigenvalue weighted by molar-refractivity contribution is 14.1. The third kappa shape index (κ3) is 3.81. The normalized spacial score (nSPS) is 10.5. The largest absolute Gasteiger partial charge is 0.464 e. The summed E-state index contributed by atoms with van der Waals surface area (Å²) in [5, 5.41) is 0. The molecule has 0 radical (unpaired) electrons. The van der Waals surface area contributed by atoms with Crippen LogP contribution >= 0.6 is 22.9 Å². The van der Waals surface area contributed by atoms with E-state index in [-0.39, 0.29) is 5.70 Å². The smallest absolute Gasteiger partial charge is 0.354 e. The van der Waals surface area contributed by atoms with Gasteiger partial charge in [0.05, 0.1) is 30.0 Å². The predicted molar refractivity (Wildman–Crippen MR) is 46.4 cm³/mol. The van der Waals surface area contributed by atoms with Crippen LogP contribution in [0.15, 0.2) is 11.8 Å². The summed E-state index contributed by atoms with van der Waals surface area (Å²) in [4.78, 5) is 21.1. The van der Waals surface area contributed by atoms with Crippen molar-refractivity contribution in [3.8, 4) is 0 Å². The van der Waals surface area contributed by atoms with Gasteiger partial charge in [-0.1, -0.05) is 0 Å². The molecule has 5 nitrogen and oxygen atoms in total. The van der Waals surface area contributed by atoms with E-state index < -0.39 is 11.9 Å². The van der Waals surface area contributed by atoms with Gasteiger partial charge in [0, 0.05) is 6.08 Å². The molecule has 0 aromatic rings. The van der Waals surface area contributed by atoms with E-state index in [0.29, 0.717) is 0 Å². The van der Waals surface area contributed by atoms with Gasteiger partial charge in [0.2, 0.25) is 0 Å². The van der Waals surface area contributed by atoms with Crippen LogP contribution in [0.2, 0.25) is 0 Å². The summed E-state index contributed by atoms with van der Waals surface area (Å²) in [6.07, 6.45) is 0.957. The molecule has 0 saturated carbocycles. The first-order valence-corrected chi connectivity index (χ1v) is 3.65. The molecule has 0 aliphatic rings. The summed E-state index contributed by atoms with van der Waals surface area (Å²) in [5.74, 6) is -1.17. The molecule has 62 valence electrons. The van der Waals surface area contributed by atoms with Gasteiger partial charge in [0.25, 0.3) is 5.91 Å². The quantitative estimate of drug-likeness (QED) is 0.306. The summed E-state index contributed by atoms with van der Waals surface area (Å²) in [7, 11) is 1.19. The van der Waals surface area contributed by atoms with Gasteiger partial charge >= 0.3 is 5.97 Å². The number of amides is 1. The van der Waals surface area contributed by atoms with Crippen molar-refractivity contribution in [2.75, 3.05) is 7.11 Å². The van der Waals surface area contributed by atoms with E-state index in [9.17, 15) is 9.59 Å². The third-order valence-corrected chi connectivity index (χ3v) is 1.33. The van der Waals surface area contributed by atoms with E-state index in [4.69, 9.17) is 5.73 Å². The van der Waals surface area contributed by atoms with Gasteiger partial charge in [-0.15, -0.1) is 0 Å². The third-order valence-electron chi connectivity index (χ3n) is 0.801. The maximum absolute atomic E-state index is 10.6. The van der Waals surface area contributed by atoms with Crippen LogP contribution in [0.3, 0.4) is 0 Å². The molecule has 11 heavy (non-hydrogen) atoms. The highest BCUT2D eigenvalue weighted by Crippen LogP contribution is 1.88. The molecule has 0 rings (SSSR count). The van der Waals surface area contributed by atoms with Gasteiger partial charge in [-0.3, -0.25) is 8.32 Å². The molecule has 0 saturated heterocycles. The Hall–Kier alpha value is -0.790. The van der Waals surface area contributed by atoms with E-state index in [0.717, 1.165) is 6.08 Å². The molecule has 0 atom stereocenters. The Morgan fingerprint density at radius 1 is 1.64 bits per heavy atom. The molecule has 0 aromatic carbocycles. The fourth-order valence-corrected chi connectivity index (χ4v) is 0.501. The van der Waals surface area contributed by atoms with Crippen LogP contribution < -0.4 is 9.26 Å². The Morgan fingerprint density at radius 2 is 2.18 bits per heavy atom. The van der Waals surface area contributed by atoms with E-state index in [1.54, 1.807) is 22.9 Å². The monoisotopic (exact) mass is 270 g/mol. The number of hydrogen-bond donors (Lipinski definition) is 2. The summed E-state index contributed by atoms with van der Waals surface area (Å²) < 4.78 is 6.48. The number of carbonyl (C=O) groups excluding carboxylic acids is 2. The van der Waals surface area contributed by atoms with Crippen LogP contribution in [0.4, 0.5) is 0 Å². The Morgan fingerprint density at radius 3 is 2.55 bits per heavy atom. The highest BCUT2D eigenvalue weighted by atomic mass is 127. The minimum absolute atomic E-state index is 0.221. The molecule has 0 heterocycles. The summed E-state index contributed by atoms with van der Waals surface area (Å²) in [6, 6.07) is 0. The number of ether oxygens (including phenoxy) is 1. The molecule has 0 aromatic heterocycles. The second kappa shape index (κ2) is 4.94. The van der Waals surface area contributed by atoms with Crippen molar-refractivity contribution >= 4 is 34.7 Å². The number of esters is 1. The molecule has 0 aliphatic carbocycles. The van der Waals surface area contributed by atoms with Gasteiger partial charge in [-0.2, -0.15) is 0 Å². The molecule has 0 unspecified atom stereocenters. The highest BCUT2D eigenvalue weighted by Gasteiger charge is 2.05. The standard InChI is InChI=1S/C5H7IN2O3/c1-11-5(10)3(7)2-4(9)8-6/h2H,7H2,1H3,(H,8,9). The SMILES string of the molecule is COC(=O)C(N)=CC(=O)NI. The minimum Gasteiger partial charge on any atom is -0.464 e. The average Bonchev–Trinajstić information content (AvgIpc) is 2.02. The van der Waals surface area contributed by atoms with Crippen LogP contribution in [-0.4, -0.2) is 19.0 Å². The van der Waals surface area contributed by atoms with E-state index in [2.05, 4.69) is 8.27 Å². The molecule has 0 spiro atoms. The number of carbonyl (C=O) groups is 2. The first-order chi connectivity index (χ1) is 5.11. The fourth-order valence-electron chi connectivity index (χ4n) is 0.345. The molecule has 0 bridgehead atoms. The Balaban J connectivity index is 4.21. The average molecular weight is 270 g/mol. The first-order valence-electron chi connectivity index (χ1n) is 2.58.